The molecule has 1 aromatic rings. The van der Waals surface area contributed by atoms with Gasteiger partial charge in [-0.05, 0) is 32.6 Å². The van der Waals surface area contributed by atoms with Gasteiger partial charge < -0.3 is 15.7 Å². The lowest BCUT2D eigenvalue weighted by atomic mass is 9.99. The number of nitrogens with one attached hydrogen (secondary N) is 1. The zero-order chi connectivity index (χ0) is 13.0. The number of aliphatic hydroxyl groups is 1. The molecule has 0 aromatic carbocycles. The van der Waals surface area contributed by atoms with Crippen molar-refractivity contribution in [1.29, 1.82) is 0 Å². The minimum absolute atomic E-state index is 0.204. The molecule has 0 bridgehead atoms. The van der Waals surface area contributed by atoms with E-state index >= 15 is 0 Å². The third-order valence-corrected chi connectivity index (χ3v) is 3.65. The van der Waals surface area contributed by atoms with Gasteiger partial charge in [-0.25, -0.2) is 0 Å². The number of nitrogens with two attached hydrogens (primary N) is 1. The molecule has 2 unspecified atom stereocenters. The molecule has 0 radical (unpaired) electrons. The molecule has 0 spiro atoms. The molecule has 18 heavy (non-hydrogen) atoms. The standard InChI is InChI=1S/C12H23N5O/c1-9-10(13)5-4-7-17(9)12-14-11(15-16-12)6-2-3-8-18/h9-10,18H,2-8,13H2,1H3,(H,14,15,16). The van der Waals surface area contributed by atoms with Crippen LogP contribution in [0.2, 0.25) is 0 Å². The highest BCUT2D eigenvalue weighted by Gasteiger charge is 2.27. The molecule has 6 heteroatoms. The van der Waals surface area contributed by atoms with Crippen LogP contribution in [0.1, 0.15) is 38.4 Å². The summed E-state index contributed by atoms with van der Waals surface area (Å²) in [4.78, 5) is 6.69. The second-order valence-corrected chi connectivity index (χ2v) is 5.00. The van der Waals surface area contributed by atoms with Crippen molar-refractivity contribution in [3.05, 3.63) is 5.82 Å². The number of hydrogen-bond acceptors (Lipinski definition) is 5. The average Bonchev–Trinajstić information content (AvgIpc) is 2.82. The Kier molecular flexibility index (Phi) is 4.54. The Hall–Kier alpha value is -1.14. The minimum atomic E-state index is 0.204. The second kappa shape index (κ2) is 6.15. The molecule has 0 aliphatic carbocycles. The lowest BCUT2D eigenvalue weighted by Gasteiger charge is -2.36. The van der Waals surface area contributed by atoms with Gasteiger partial charge in [0.2, 0.25) is 5.95 Å². The highest BCUT2D eigenvalue weighted by Crippen LogP contribution is 2.20. The Balaban J connectivity index is 1.96. The molecule has 2 atom stereocenters. The maximum Gasteiger partial charge on any atom is 0.244 e. The fourth-order valence-electron chi connectivity index (χ4n) is 2.39. The van der Waals surface area contributed by atoms with Crippen LogP contribution in [0.3, 0.4) is 0 Å². The normalized spacial score (nSPS) is 24.5. The van der Waals surface area contributed by atoms with Crippen molar-refractivity contribution < 1.29 is 5.11 Å². The molecule has 1 aliphatic heterocycles. The zero-order valence-electron chi connectivity index (χ0n) is 11.0. The van der Waals surface area contributed by atoms with Crippen LogP contribution in [0.15, 0.2) is 0 Å². The molecule has 0 saturated carbocycles. The number of nitrogens with zero attached hydrogens (tertiary/aromatic N) is 3. The van der Waals surface area contributed by atoms with E-state index in [9.17, 15) is 0 Å². The lowest BCUT2D eigenvalue weighted by Crippen LogP contribution is -2.50. The van der Waals surface area contributed by atoms with Crippen molar-refractivity contribution in [2.45, 2.75) is 51.1 Å². The number of unbranched alkanes of at least 4 members (excludes halogenated alkanes) is 1. The Bertz CT molecular complexity index is 367. The van der Waals surface area contributed by atoms with Gasteiger partial charge in [0.15, 0.2) is 0 Å². The molecule has 1 saturated heterocycles. The maximum atomic E-state index is 8.75. The minimum Gasteiger partial charge on any atom is -0.396 e. The predicted molar refractivity (Wildman–Crippen MR) is 70.4 cm³/mol. The zero-order valence-corrected chi connectivity index (χ0v) is 11.0. The van der Waals surface area contributed by atoms with Crippen molar-refractivity contribution in [2.24, 2.45) is 5.73 Å². The van der Waals surface area contributed by atoms with Crippen LogP contribution < -0.4 is 10.6 Å². The molecule has 1 aromatic heterocycles. The van der Waals surface area contributed by atoms with Crippen LogP contribution in [0.25, 0.3) is 0 Å². The van der Waals surface area contributed by atoms with E-state index in [1.807, 2.05) is 0 Å². The number of anilines is 1. The van der Waals surface area contributed by atoms with E-state index in [2.05, 4.69) is 27.0 Å². The average molecular weight is 253 g/mol. The summed E-state index contributed by atoms with van der Waals surface area (Å²) in [6.45, 7) is 3.34. The lowest BCUT2D eigenvalue weighted by molar-refractivity contribution is 0.284. The van der Waals surface area contributed by atoms with Gasteiger partial charge in [-0.15, -0.1) is 5.10 Å². The van der Waals surface area contributed by atoms with Crippen molar-refractivity contribution in [2.75, 3.05) is 18.1 Å². The summed E-state index contributed by atoms with van der Waals surface area (Å²) < 4.78 is 0. The highest BCUT2D eigenvalue weighted by molar-refractivity contribution is 5.32. The van der Waals surface area contributed by atoms with Crippen molar-refractivity contribution in [3.8, 4) is 0 Å². The Morgan fingerprint density at radius 1 is 1.50 bits per heavy atom. The molecule has 6 nitrogen and oxygen atoms in total. The third kappa shape index (κ3) is 3.00. The van der Waals surface area contributed by atoms with Gasteiger partial charge in [-0.3, -0.25) is 5.10 Å². The maximum absolute atomic E-state index is 8.75. The predicted octanol–water partition coefficient (Wildman–Crippen LogP) is 0.436. The van der Waals surface area contributed by atoms with Crippen LogP contribution in [0.4, 0.5) is 5.95 Å². The number of aromatic nitrogens is 3. The fraction of sp³-hybridized carbons (Fsp3) is 0.833. The number of aryl methyl sites for hydroxylation is 1. The van der Waals surface area contributed by atoms with Gasteiger partial charge in [0.25, 0.3) is 0 Å². The molecular formula is C12H23N5O. The first kappa shape index (κ1) is 13.3. The van der Waals surface area contributed by atoms with Crippen LogP contribution in [-0.4, -0.2) is 45.5 Å². The summed E-state index contributed by atoms with van der Waals surface area (Å²) in [5.41, 5.74) is 6.08. The van der Waals surface area contributed by atoms with Crippen LogP contribution in [0, 0.1) is 0 Å². The highest BCUT2D eigenvalue weighted by atomic mass is 16.2. The molecule has 1 fully saturated rings. The number of rotatable bonds is 5. The Morgan fingerprint density at radius 2 is 2.33 bits per heavy atom. The molecule has 4 N–H and O–H groups in total. The molecule has 2 heterocycles. The number of hydrogen-bond donors (Lipinski definition) is 3. The molecule has 0 amide bonds. The summed E-state index contributed by atoms with van der Waals surface area (Å²) in [5, 5.41) is 16.0. The number of piperidine rings is 1. The van der Waals surface area contributed by atoms with Crippen molar-refractivity contribution in [1.82, 2.24) is 15.2 Å². The summed E-state index contributed by atoms with van der Waals surface area (Å²) in [5.74, 6) is 1.65. The SMILES string of the molecule is CC1C(N)CCCN1c1n[nH]c(CCCCO)n1. The van der Waals surface area contributed by atoms with E-state index in [4.69, 9.17) is 10.8 Å². The first-order chi connectivity index (χ1) is 8.72. The van der Waals surface area contributed by atoms with E-state index in [0.29, 0.717) is 6.04 Å². The number of aliphatic hydroxyl groups excluding tert-OH is 1. The quantitative estimate of drug-likeness (QED) is 0.662. The Morgan fingerprint density at radius 3 is 3.11 bits per heavy atom. The van der Waals surface area contributed by atoms with Crippen LogP contribution in [-0.2, 0) is 6.42 Å². The van der Waals surface area contributed by atoms with Gasteiger partial charge >= 0.3 is 0 Å². The second-order valence-electron chi connectivity index (χ2n) is 5.00. The van der Waals surface area contributed by atoms with Gasteiger partial charge in [-0.2, -0.15) is 4.98 Å². The summed E-state index contributed by atoms with van der Waals surface area (Å²) in [6.07, 6.45) is 4.74. The first-order valence-corrected chi connectivity index (χ1v) is 6.76. The van der Waals surface area contributed by atoms with Gasteiger partial charge in [0, 0.05) is 31.7 Å². The van der Waals surface area contributed by atoms with Crippen molar-refractivity contribution in [3.63, 3.8) is 0 Å². The van der Waals surface area contributed by atoms with Crippen LogP contribution >= 0.6 is 0 Å². The monoisotopic (exact) mass is 253 g/mol. The number of aromatic amines is 1. The molecule has 102 valence electrons. The largest absolute Gasteiger partial charge is 0.396 e. The first-order valence-electron chi connectivity index (χ1n) is 6.76. The van der Waals surface area contributed by atoms with E-state index in [1.165, 1.54) is 0 Å². The van der Waals surface area contributed by atoms with E-state index in [-0.39, 0.29) is 12.6 Å². The summed E-state index contributed by atoms with van der Waals surface area (Å²) >= 11 is 0. The summed E-state index contributed by atoms with van der Waals surface area (Å²) in [6, 6.07) is 0.495. The Labute approximate surface area is 108 Å². The van der Waals surface area contributed by atoms with E-state index in [0.717, 1.165) is 50.4 Å². The van der Waals surface area contributed by atoms with E-state index < -0.39 is 0 Å². The number of H-pyrrole nitrogens is 1. The third-order valence-electron chi connectivity index (χ3n) is 3.65. The van der Waals surface area contributed by atoms with Gasteiger partial charge in [0.1, 0.15) is 5.82 Å². The van der Waals surface area contributed by atoms with Gasteiger partial charge in [-0.1, -0.05) is 0 Å². The molecule has 2 rings (SSSR count). The summed E-state index contributed by atoms with van der Waals surface area (Å²) in [7, 11) is 0. The van der Waals surface area contributed by atoms with Crippen molar-refractivity contribution >= 4 is 5.95 Å². The smallest absolute Gasteiger partial charge is 0.244 e. The molecular weight excluding hydrogens is 230 g/mol. The fourth-order valence-corrected chi connectivity index (χ4v) is 2.39. The topological polar surface area (TPSA) is 91.1 Å². The van der Waals surface area contributed by atoms with Crippen LogP contribution in [0.5, 0.6) is 0 Å². The van der Waals surface area contributed by atoms with E-state index in [1.54, 1.807) is 0 Å². The van der Waals surface area contributed by atoms with Gasteiger partial charge in [0.05, 0.1) is 0 Å². The molecule has 1 aliphatic rings.